The summed E-state index contributed by atoms with van der Waals surface area (Å²) in [7, 11) is 1.68. The van der Waals surface area contributed by atoms with Crippen LogP contribution >= 0.6 is 0 Å². The Hall–Kier alpha value is -4.10. The molecule has 0 atom stereocenters. The molecule has 0 aliphatic rings. The first-order valence-electron chi connectivity index (χ1n) is 9.31. The fourth-order valence-corrected chi connectivity index (χ4v) is 3.87. The van der Waals surface area contributed by atoms with Crippen molar-refractivity contribution >= 4 is 21.8 Å². The van der Waals surface area contributed by atoms with Crippen molar-refractivity contribution < 1.29 is 4.74 Å². The first kappa shape index (κ1) is 17.0. The highest BCUT2D eigenvalue weighted by atomic mass is 16.5. The molecule has 0 saturated carbocycles. The molecule has 4 nitrogen and oxygen atoms in total. The first-order valence-corrected chi connectivity index (χ1v) is 9.31. The van der Waals surface area contributed by atoms with E-state index in [-0.39, 0.29) is 0 Å². The summed E-state index contributed by atoms with van der Waals surface area (Å²) in [5.41, 5.74) is 5.75. The second-order valence-electron chi connectivity index (χ2n) is 6.85. The summed E-state index contributed by atoms with van der Waals surface area (Å²) in [5, 5.41) is 11.9. The van der Waals surface area contributed by atoms with Crippen molar-refractivity contribution in [3.05, 3.63) is 90.8 Å². The molecule has 138 valence electrons. The van der Waals surface area contributed by atoms with Gasteiger partial charge >= 0.3 is 0 Å². The molecule has 5 rings (SSSR count). The summed E-state index contributed by atoms with van der Waals surface area (Å²) < 4.78 is 7.65. The van der Waals surface area contributed by atoms with Gasteiger partial charge in [-0.2, -0.15) is 5.26 Å². The number of nitriles is 1. The van der Waals surface area contributed by atoms with E-state index in [2.05, 4.69) is 46.0 Å². The van der Waals surface area contributed by atoms with Gasteiger partial charge < -0.3 is 9.30 Å². The number of nitrogens with zero attached hydrogens (tertiary/aromatic N) is 3. The van der Waals surface area contributed by atoms with Gasteiger partial charge in [-0.3, -0.25) is 4.98 Å². The van der Waals surface area contributed by atoms with Crippen molar-refractivity contribution in [1.29, 1.82) is 5.26 Å². The molecule has 0 bridgehead atoms. The van der Waals surface area contributed by atoms with Gasteiger partial charge in [0.15, 0.2) is 0 Å². The number of ether oxygens (including phenoxy) is 1. The third kappa shape index (κ3) is 2.81. The summed E-state index contributed by atoms with van der Waals surface area (Å²) in [6, 6.07) is 26.6. The molecule has 0 spiro atoms. The molecular formula is C25H17N3O. The van der Waals surface area contributed by atoms with Gasteiger partial charge in [0, 0.05) is 28.9 Å². The zero-order valence-corrected chi connectivity index (χ0v) is 15.8. The van der Waals surface area contributed by atoms with Crippen molar-refractivity contribution in [2.45, 2.75) is 0 Å². The second kappa shape index (κ2) is 6.81. The Morgan fingerprint density at radius 2 is 1.62 bits per heavy atom. The molecule has 5 aromatic rings. The van der Waals surface area contributed by atoms with E-state index >= 15 is 0 Å². The van der Waals surface area contributed by atoms with Crippen LogP contribution in [0.2, 0.25) is 0 Å². The van der Waals surface area contributed by atoms with Gasteiger partial charge in [0.05, 0.1) is 29.8 Å². The van der Waals surface area contributed by atoms with E-state index in [1.165, 1.54) is 0 Å². The lowest BCUT2D eigenvalue weighted by atomic mass is 10.0. The van der Waals surface area contributed by atoms with E-state index in [0.29, 0.717) is 5.56 Å². The maximum absolute atomic E-state index is 9.64. The lowest BCUT2D eigenvalue weighted by molar-refractivity contribution is 0.415. The first-order chi connectivity index (χ1) is 14.3. The predicted octanol–water partition coefficient (Wildman–Crippen LogP) is 5.73. The van der Waals surface area contributed by atoms with Crippen LogP contribution in [-0.4, -0.2) is 16.7 Å². The SMILES string of the molecule is COc1ccc2c(c1)c1ccccc1n2-c1cc(C#N)cc(-c2ccncc2)c1. The Morgan fingerprint density at radius 1 is 0.828 bits per heavy atom. The number of para-hydroxylation sites is 1. The highest BCUT2D eigenvalue weighted by Crippen LogP contribution is 2.35. The molecule has 0 aliphatic heterocycles. The van der Waals surface area contributed by atoms with Crippen molar-refractivity contribution in [2.24, 2.45) is 0 Å². The Balaban J connectivity index is 1.85. The number of hydrogen-bond acceptors (Lipinski definition) is 3. The minimum Gasteiger partial charge on any atom is -0.497 e. The summed E-state index contributed by atoms with van der Waals surface area (Å²) in [6.45, 7) is 0. The average molecular weight is 375 g/mol. The van der Waals surface area contributed by atoms with Crippen LogP contribution in [0.5, 0.6) is 5.75 Å². The molecule has 2 heterocycles. The molecule has 0 aliphatic carbocycles. The molecule has 4 heteroatoms. The molecule has 29 heavy (non-hydrogen) atoms. The zero-order valence-electron chi connectivity index (χ0n) is 15.8. The summed E-state index contributed by atoms with van der Waals surface area (Å²) in [4.78, 5) is 4.10. The maximum Gasteiger partial charge on any atom is 0.119 e. The van der Waals surface area contributed by atoms with E-state index < -0.39 is 0 Å². The Labute approximate surface area is 168 Å². The number of rotatable bonds is 3. The van der Waals surface area contributed by atoms with Crippen LogP contribution in [0.3, 0.4) is 0 Å². The van der Waals surface area contributed by atoms with Crippen molar-refractivity contribution in [2.75, 3.05) is 7.11 Å². The van der Waals surface area contributed by atoms with Crippen molar-refractivity contribution in [1.82, 2.24) is 9.55 Å². The molecule has 0 N–H and O–H groups in total. The molecule has 2 aromatic heterocycles. The number of methoxy groups -OCH3 is 1. The topological polar surface area (TPSA) is 50.8 Å². The maximum atomic E-state index is 9.64. The van der Waals surface area contributed by atoms with Crippen molar-refractivity contribution in [3.8, 4) is 28.6 Å². The lowest BCUT2D eigenvalue weighted by Gasteiger charge is -2.11. The Bertz CT molecular complexity index is 1390. The highest BCUT2D eigenvalue weighted by molar-refractivity contribution is 6.09. The van der Waals surface area contributed by atoms with Crippen LogP contribution < -0.4 is 4.74 Å². The third-order valence-corrected chi connectivity index (χ3v) is 5.20. The largest absolute Gasteiger partial charge is 0.497 e. The average Bonchev–Trinajstić information content (AvgIpc) is 3.13. The fraction of sp³-hybridized carbons (Fsp3) is 0.0400. The molecule has 0 fully saturated rings. The fourth-order valence-electron chi connectivity index (χ4n) is 3.87. The molecule has 3 aromatic carbocycles. The quantitative estimate of drug-likeness (QED) is 0.405. The summed E-state index contributed by atoms with van der Waals surface area (Å²) >= 11 is 0. The van der Waals surface area contributed by atoms with Gasteiger partial charge in [0.1, 0.15) is 5.75 Å². The summed E-state index contributed by atoms with van der Waals surface area (Å²) in [6.07, 6.45) is 3.53. The van der Waals surface area contributed by atoms with Crippen LogP contribution in [0.4, 0.5) is 0 Å². The van der Waals surface area contributed by atoms with Crippen LogP contribution in [0.15, 0.2) is 85.2 Å². The molecule has 0 unspecified atom stereocenters. The van der Waals surface area contributed by atoms with Gasteiger partial charge in [-0.25, -0.2) is 0 Å². The standard InChI is InChI=1S/C25H17N3O/c1-29-21-6-7-25-23(15-21)22-4-2-3-5-24(22)28(25)20-13-17(16-26)12-19(14-20)18-8-10-27-11-9-18/h2-15H,1H3. The van der Waals surface area contributed by atoms with Gasteiger partial charge in [0.2, 0.25) is 0 Å². The van der Waals surface area contributed by atoms with Gasteiger partial charge in [0.25, 0.3) is 0 Å². The van der Waals surface area contributed by atoms with E-state index in [1.807, 2.05) is 42.5 Å². The van der Waals surface area contributed by atoms with E-state index in [9.17, 15) is 5.26 Å². The minimum atomic E-state index is 0.619. The zero-order chi connectivity index (χ0) is 19.8. The van der Waals surface area contributed by atoms with Gasteiger partial charge in [-0.1, -0.05) is 18.2 Å². The molecule has 0 saturated heterocycles. The third-order valence-electron chi connectivity index (χ3n) is 5.20. The van der Waals surface area contributed by atoms with E-state index in [4.69, 9.17) is 4.74 Å². The van der Waals surface area contributed by atoms with Crippen LogP contribution in [0.1, 0.15) is 5.56 Å². The molecule has 0 amide bonds. The minimum absolute atomic E-state index is 0.619. The Kier molecular flexibility index (Phi) is 4.00. The van der Waals surface area contributed by atoms with Gasteiger partial charge in [-0.15, -0.1) is 0 Å². The number of hydrogen-bond donors (Lipinski definition) is 0. The monoisotopic (exact) mass is 375 g/mol. The molecule has 0 radical (unpaired) electrons. The Morgan fingerprint density at radius 3 is 2.41 bits per heavy atom. The smallest absolute Gasteiger partial charge is 0.119 e. The second-order valence-corrected chi connectivity index (χ2v) is 6.85. The number of aromatic nitrogens is 2. The number of fused-ring (bicyclic) bond motifs is 3. The van der Waals surface area contributed by atoms with Crippen molar-refractivity contribution in [3.63, 3.8) is 0 Å². The highest BCUT2D eigenvalue weighted by Gasteiger charge is 2.14. The number of pyridine rings is 1. The van der Waals surface area contributed by atoms with Crippen LogP contribution in [-0.2, 0) is 0 Å². The predicted molar refractivity (Wildman–Crippen MR) is 115 cm³/mol. The lowest BCUT2D eigenvalue weighted by Crippen LogP contribution is -1.96. The normalized spacial score (nSPS) is 10.9. The van der Waals surface area contributed by atoms with Crippen LogP contribution in [0.25, 0.3) is 38.6 Å². The van der Waals surface area contributed by atoms with Gasteiger partial charge in [-0.05, 0) is 65.7 Å². The number of benzene rings is 3. The van der Waals surface area contributed by atoms with E-state index in [0.717, 1.165) is 44.4 Å². The summed E-state index contributed by atoms with van der Waals surface area (Å²) in [5.74, 6) is 0.823. The molecular weight excluding hydrogens is 358 g/mol. The van der Waals surface area contributed by atoms with Crippen LogP contribution in [0, 0.1) is 11.3 Å². The van der Waals surface area contributed by atoms with E-state index in [1.54, 1.807) is 19.5 Å².